The maximum atomic E-state index is 6.22. The van der Waals surface area contributed by atoms with Crippen molar-refractivity contribution >= 4 is 34.8 Å². The Morgan fingerprint density at radius 1 is 1.29 bits per heavy atom. The van der Waals surface area contributed by atoms with Gasteiger partial charge in [0.15, 0.2) is 0 Å². The summed E-state index contributed by atoms with van der Waals surface area (Å²) in [5.74, 6) is 0. The molecule has 0 bridgehead atoms. The molecule has 0 spiro atoms. The lowest BCUT2D eigenvalue weighted by Crippen LogP contribution is -1.91. The monoisotopic (exact) mass is 250 g/mol. The van der Waals surface area contributed by atoms with Gasteiger partial charge in [-0.15, -0.1) is 11.6 Å². The smallest absolute Gasteiger partial charge is 0.0600 e. The Labute approximate surface area is 100 Å². The number of rotatable bonds is 4. The number of halogens is 3. The van der Waals surface area contributed by atoms with E-state index in [-0.39, 0.29) is 5.38 Å². The summed E-state index contributed by atoms with van der Waals surface area (Å²) in [4.78, 5) is 0. The van der Waals surface area contributed by atoms with Crippen LogP contribution in [0.15, 0.2) is 18.2 Å². The van der Waals surface area contributed by atoms with Gasteiger partial charge in [-0.05, 0) is 30.2 Å². The largest absolute Gasteiger partial charge is 0.118 e. The maximum Gasteiger partial charge on any atom is 0.0600 e. The Morgan fingerprint density at radius 3 is 2.64 bits per heavy atom. The standard InChI is InChI=1S/C11H13Cl3/c1-2-3-4-10(13)9-7-8(12)5-6-11(9)14/h5-7,10H,2-4H2,1H3. The molecule has 0 heterocycles. The Kier molecular flexibility index (Phi) is 5.08. The van der Waals surface area contributed by atoms with Crippen molar-refractivity contribution in [2.75, 3.05) is 0 Å². The van der Waals surface area contributed by atoms with Crippen molar-refractivity contribution in [3.8, 4) is 0 Å². The van der Waals surface area contributed by atoms with Crippen LogP contribution >= 0.6 is 34.8 Å². The fraction of sp³-hybridized carbons (Fsp3) is 0.455. The first-order chi connectivity index (χ1) is 6.65. The van der Waals surface area contributed by atoms with Gasteiger partial charge in [-0.2, -0.15) is 0 Å². The highest BCUT2D eigenvalue weighted by atomic mass is 35.5. The van der Waals surface area contributed by atoms with Gasteiger partial charge in [0, 0.05) is 10.0 Å². The minimum Gasteiger partial charge on any atom is -0.118 e. The first-order valence-corrected chi connectivity index (χ1v) is 5.93. The zero-order valence-electron chi connectivity index (χ0n) is 8.06. The Morgan fingerprint density at radius 2 is 2.00 bits per heavy atom. The van der Waals surface area contributed by atoms with Gasteiger partial charge in [-0.1, -0.05) is 43.0 Å². The first-order valence-electron chi connectivity index (χ1n) is 4.74. The lowest BCUT2D eigenvalue weighted by Gasteiger charge is -2.11. The summed E-state index contributed by atoms with van der Waals surface area (Å²) in [5, 5.41) is 1.36. The van der Waals surface area contributed by atoms with E-state index >= 15 is 0 Å². The molecule has 0 saturated carbocycles. The Balaban J connectivity index is 2.77. The second-order valence-electron chi connectivity index (χ2n) is 3.28. The van der Waals surface area contributed by atoms with E-state index in [1.54, 1.807) is 12.1 Å². The van der Waals surface area contributed by atoms with Crippen molar-refractivity contribution in [3.63, 3.8) is 0 Å². The number of alkyl halides is 1. The second kappa shape index (κ2) is 5.85. The van der Waals surface area contributed by atoms with E-state index in [9.17, 15) is 0 Å². The van der Waals surface area contributed by atoms with E-state index in [4.69, 9.17) is 34.8 Å². The zero-order valence-corrected chi connectivity index (χ0v) is 10.3. The molecule has 0 radical (unpaired) electrons. The summed E-state index contributed by atoms with van der Waals surface area (Å²) < 4.78 is 0. The van der Waals surface area contributed by atoms with Crippen LogP contribution in [-0.2, 0) is 0 Å². The molecule has 0 fully saturated rings. The van der Waals surface area contributed by atoms with Crippen LogP contribution in [0.1, 0.15) is 37.1 Å². The molecule has 14 heavy (non-hydrogen) atoms. The molecule has 1 rings (SSSR count). The van der Waals surface area contributed by atoms with Gasteiger partial charge in [0.25, 0.3) is 0 Å². The predicted molar refractivity (Wildman–Crippen MR) is 64.6 cm³/mol. The van der Waals surface area contributed by atoms with Crippen LogP contribution in [-0.4, -0.2) is 0 Å². The quantitative estimate of drug-likeness (QED) is 0.623. The molecule has 0 nitrogen and oxygen atoms in total. The van der Waals surface area contributed by atoms with E-state index in [0.29, 0.717) is 10.0 Å². The molecule has 0 aliphatic heterocycles. The van der Waals surface area contributed by atoms with Gasteiger partial charge in [0.05, 0.1) is 5.38 Å². The summed E-state index contributed by atoms with van der Waals surface area (Å²) >= 11 is 18.1. The number of hydrogen-bond acceptors (Lipinski definition) is 0. The van der Waals surface area contributed by atoms with E-state index < -0.39 is 0 Å². The maximum absolute atomic E-state index is 6.22. The van der Waals surface area contributed by atoms with Gasteiger partial charge in [-0.25, -0.2) is 0 Å². The van der Waals surface area contributed by atoms with Crippen molar-refractivity contribution in [1.29, 1.82) is 0 Å². The van der Waals surface area contributed by atoms with Crippen molar-refractivity contribution in [2.45, 2.75) is 31.6 Å². The fourth-order valence-corrected chi connectivity index (χ4v) is 2.11. The molecule has 0 aliphatic carbocycles. The molecule has 1 aromatic carbocycles. The zero-order chi connectivity index (χ0) is 10.6. The van der Waals surface area contributed by atoms with E-state index in [1.807, 2.05) is 6.07 Å². The van der Waals surface area contributed by atoms with Crippen LogP contribution in [0.2, 0.25) is 10.0 Å². The normalized spacial score (nSPS) is 12.9. The van der Waals surface area contributed by atoms with Crippen LogP contribution in [0.5, 0.6) is 0 Å². The van der Waals surface area contributed by atoms with Crippen LogP contribution in [0.3, 0.4) is 0 Å². The molecule has 1 atom stereocenters. The van der Waals surface area contributed by atoms with Gasteiger partial charge < -0.3 is 0 Å². The third-order valence-electron chi connectivity index (χ3n) is 2.11. The van der Waals surface area contributed by atoms with Crippen molar-refractivity contribution in [3.05, 3.63) is 33.8 Å². The average molecular weight is 252 g/mol. The first kappa shape index (κ1) is 12.2. The Bertz CT molecular complexity index is 297. The molecule has 78 valence electrons. The molecule has 1 aromatic rings. The second-order valence-corrected chi connectivity index (χ2v) is 4.65. The van der Waals surface area contributed by atoms with E-state index in [2.05, 4.69) is 6.92 Å². The lowest BCUT2D eigenvalue weighted by molar-refractivity contribution is 0.701. The molecule has 3 heteroatoms. The van der Waals surface area contributed by atoms with E-state index in [0.717, 1.165) is 24.8 Å². The van der Waals surface area contributed by atoms with Crippen molar-refractivity contribution < 1.29 is 0 Å². The topological polar surface area (TPSA) is 0 Å². The molecular weight excluding hydrogens is 238 g/mol. The van der Waals surface area contributed by atoms with Gasteiger partial charge in [0.1, 0.15) is 0 Å². The van der Waals surface area contributed by atoms with Gasteiger partial charge >= 0.3 is 0 Å². The summed E-state index contributed by atoms with van der Waals surface area (Å²) in [5.41, 5.74) is 0.939. The molecule has 1 unspecified atom stereocenters. The minimum atomic E-state index is -0.0267. The third kappa shape index (κ3) is 3.34. The number of hydrogen-bond donors (Lipinski definition) is 0. The molecular formula is C11H13Cl3. The summed E-state index contributed by atoms with van der Waals surface area (Å²) in [6.45, 7) is 2.14. The van der Waals surface area contributed by atoms with Crippen LogP contribution in [0.25, 0.3) is 0 Å². The average Bonchev–Trinajstić information content (AvgIpc) is 2.18. The Hall–Kier alpha value is 0.0900. The third-order valence-corrected chi connectivity index (χ3v) is 3.14. The lowest BCUT2D eigenvalue weighted by atomic mass is 10.1. The highest BCUT2D eigenvalue weighted by molar-refractivity contribution is 6.34. The van der Waals surface area contributed by atoms with Gasteiger partial charge in [0.2, 0.25) is 0 Å². The van der Waals surface area contributed by atoms with Crippen molar-refractivity contribution in [2.24, 2.45) is 0 Å². The van der Waals surface area contributed by atoms with Crippen molar-refractivity contribution in [1.82, 2.24) is 0 Å². The highest BCUT2D eigenvalue weighted by Gasteiger charge is 2.11. The highest BCUT2D eigenvalue weighted by Crippen LogP contribution is 2.33. The summed E-state index contributed by atoms with van der Waals surface area (Å²) in [7, 11) is 0. The number of benzene rings is 1. The SMILES string of the molecule is CCCCC(Cl)c1cc(Cl)ccc1Cl. The molecule has 0 aliphatic rings. The van der Waals surface area contributed by atoms with Crippen LogP contribution in [0, 0.1) is 0 Å². The van der Waals surface area contributed by atoms with Gasteiger partial charge in [-0.3, -0.25) is 0 Å². The molecule has 0 aromatic heterocycles. The van der Waals surface area contributed by atoms with Crippen LogP contribution in [0.4, 0.5) is 0 Å². The predicted octanol–water partition coefficient (Wildman–Crippen LogP) is 5.46. The molecule has 0 N–H and O–H groups in total. The molecule has 0 saturated heterocycles. The number of unbranched alkanes of at least 4 members (excludes halogenated alkanes) is 1. The van der Waals surface area contributed by atoms with Crippen LogP contribution < -0.4 is 0 Å². The van der Waals surface area contributed by atoms with E-state index in [1.165, 1.54) is 0 Å². The fourth-order valence-electron chi connectivity index (χ4n) is 1.29. The molecule has 0 amide bonds. The summed E-state index contributed by atoms with van der Waals surface area (Å²) in [6, 6.07) is 5.41. The summed E-state index contributed by atoms with van der Waals surface area (Å²) in [6.07, 6.45) is 3.19. The minimum absolute atomic E-state index is 0.0267.